The number of rotatable bonds is 1. The van der Waals surface area contributed by atoms with Gasteiger partial charge in [-0.25, -0.2) is 0 Å². The van der Waals surface area contributed by atoms with Gasteiger partial charge in [0.05, 0.1) is 0 Å². The fourth-order valence-corrected chi connectivity index (χ4v) is 1.90. The minimum atomic E-state index is 0.721. The Labute approximate surface area is 86.5 Å². The average Bonchev–Trinajstić information content (AvgIpc) is 2.69. The molecule has 0 radical (unpaired) electrons. The van der Waals surface area contributed by atoms with Crippen molar-refractivity contribution in [2.24, 2.45) is 7.05 Å². The summed E-state index contributed by atoms with van der Waals surface area (Å²) in [4.78, 5) is 0. The smallest absolute Gasteiger partial charge is 0.0492 e. The fourth-order valence-electron chi connectivity index (χ4n) is 1.90. The highest BCUT2D eigenvalue weighted by Crippen LogP contribution is 2.23. The summed E-state index contributed by atoms with van der Waals surface area (Å²) in [6.45, 7) is 6.30. The van der Waals surface area contributed by atoms with Gasteiger partial charge in [-0.15, -0.1) is 0 Å². The van der Waals surface area contributed by atoms with Crippen molar-refractivity contribution < 1.29 is 0 Å². The van der Waals surface area contributed by atoms with E-state index in [0.29, 0.717) is 0 Å². The molecule has 2 heterocycles. The third-order valence-electron chi connectivity index (χ3n) is 2.62. The molecule has 1 saturated heterocycles. The van der Waals surface area contributed by atoms with Crippen LogP contribution in [0, 0.1) is 0 Å². The van der Waals surface area contributed by atoms with E-state index in [-0.39, 0.29) is 0 Å². The third-order valence-corrected chi connectivity index (χ3v) is 2.62. The maximum Gasteiger partial charge on any atom is 0.0492 e. The molecule has 3 heteroatoms. The lowest BCUT2D eigenvalue weighted by molar-refractivity contribution is 0.440. The quantitative estimate of drug-likeness (QED) is 0.742. The third kappa shape index (κ3) is 2.58. The normalized spacial score (nSPS) is 17.4. The second-order valence-corrected chi connectivity index (χ2v) is 3.40. The van der Waals surface area contributed by atoms with Crippen LogP contribution in [0.15, 0.2) is 12.3 Å². The van der Waals surface area contributed by atoms with Gasteiger partial charge in [0.1, 0.15) is 0 Å². The fraction of sp³-hybridized carbons (Fsp3) is 0.727. The zero-order valence-corrected chi connectivity index (χ0v) is 9.45. The van der Waals surface area contributed by atoms with Crippen LogP contribution >= 0.6 is 0 Å². The molecule has 0 spiro atoms. The van der Waals surface area contributed by atoms with Gasteiger partial charge in [0.15, 0.2) is 0 Å². The van der Waals surface area contributed by atoms with Gasteiger partial charge in [0.25, 0.3) is 0 Å². The number of nitrogens with one attached hydrogen (secondary N) is 1. The highest BCUT2D eigenvalue weighted by atomic mass is 15.3. The van der Waals surface area contributed by atoms with Crippen molar-refractivity contribution in [1.29, 1.82) is 0 Å². The first-order valence-electron chi connectivity index (χ1n) is 5.56. The SMILES string of the molecule is CC.Cn1nccc1C1CCNCC1. The maximum absolute atomic E-state index is 4.19. The summed E-state index contributed by atoms with van der Waals surface area (Å²) < 4.78 is 2.00. The van der Waals surface area contributed by atoms with Crippen LogP contribution in [0.5, 0.6) is 0 Å². The minimum absolute atomic E-state index is 0.721. The van der Waals surface area contributed by atoms with Gasteiger partial charge < -0.3 is 5.32 Å². The second-order valence-electron chi connectivity index (χ2n) is 3.40. The minimum Gasteiger partial charge on any atom is -0.317 e. The number of aryl methyl sites for hydroxylation is 1. The molecule has 0 atom stereocenters. The van der Waals surface area contributed by atoms with Gasteiger partial charge >= 0.3 is 0 Å². The highest BCUT2D eigenvalue weighted by molar-refractivity contribution is 5.08. The van der Waals surface area contributed by atoms with Crippen molar-refractivity contribution in [3.05, 3.63) is 18.0 Å². The molecule has 0 amide bonds. The Balaban J connectivity index is 0.000000461. The van der Waals surface area contributed by atoms with Gasteiger partial charge in [0, 0.05) is 24.9 Å². The number of nitrogens with zero attached hydrogens (tertiary/aromatic N) is 2. The predicted octanol–water partition coefficient (Wildman–Crippen LogP) is 1.91. The first-order valence-corrected chi connectivity index (χ1v) is 5.56. The molecule has 1 aliphatic heterocycles. The Morgan fingerprint density at radius 1 is 1.36 bits per heavy atom. The molecule has 0 saturated carbocycles. The van der Waals surface area contributed by atoms with Crippen LogP contribution in [0.25, 0.3) is 0 Å². The van der Waals surface area contributed by atoms with E-state index < -0.39 is 0 Å². The summed E-state index contributed by atoms with van der Waals surface area (Å²) in [5, 5.41) is 7.55. The Hall–Kier alpha value is -0.830. The van der Waals surface area contributed by atoms with Crippen LogP contribution in [-0.4, -0.2) is 22.9 Å². The Morgan fingerprint density at radius 3 is 2.50 bits per heavy atom. The number of piperidine rings is 1. The topological polar surface area (TPSA) is 29.9 Å². The van der Waals surface area contributed by atoms with E-state index in [1.54, 1.807) is 0 Å². The molecular weight excluding hydrogens is 174 g/mol. The molecule has 1 N–H and O–H groups in total. The van der Waals surface area contributed by atoms with Crippen molar-refractivity contribution in [3.63, 3.8) is 0 Å². The summed E-state index contributed by atoms with van der Waals surface area (Å²) in [6.07, 6.45) is 4.39. The molecule has 0 unspecified atom stereocenters. The summed E-state index contributed by atoms with van der Waals surface area (Å²) in [5.41, 5.74) is 1.39. The second kappa shape index (κ2) is 5.81. The van der Waals surface area contributed by atoms with Crippen LogP contribution in [0.4, 0.5) is 0 Å². The van der Waals surface area contributed by atoms with E-state index in [0.717, 1.165) is 19.0 Å². The van der Waals surface area contributed by atoms with E-state index in [1.165, 1.54) is 18.5 Å². The van der Waals surface area contributed by atoms with Crippen LogP contribution < -0.4 is 5.32 Å². The van der Waals surface area contributed by atoms with Gasteiger partial charge in [-0.05, 0) is 32.0 Å². The molecule has 14 heavy (non-hydrogen) atoms. The van der Waals surface area contributed by atoms with E-state index in [4.69, 9.17) is 0 Å². The molecule has 0 aliphatic carbocycles. The number of hydrogen-bond donors (Lipinski definition) is 1. The first-order chi connectivity index (χ1) is 6.88. The molecule has 3 nitrogen and oxygen atoms in total. The van der Waals surface area contributed by atoms with Crippen molar-refractivity contribution in [2.45, 2.75) is 32.6 Å². The van der Waals surface area contributed by atoms with Gasteiger partial charge in [-0.3, -0.25) is 4.68 Å². The highest BCUT2D eigenvalue weighted by Gasteiger charge is 2.17. The molecular formula is C11H21N3. The Morgan fingerprint density at radius 2 is 2.00 bits per heavy atom. The predicted molar refractivity (Wildman–Crippen MR) is 59.4 cm³/mol. The van der Waals surface area contributed by atoms with E-state index in [9.17, 15) is 0 Å². The monoisotopic (exact) mass is 195 g/mol. The van der Waals surface area contributed by atoms with E-state index in [1.807, 2.05) is 31.8 Å². The van der Waals surface area contributed by atoms with Gasteiger partial charge in [-0.1, -0.05) is 13.8 Å². The molecule has 0 aromatic carbocycles. The Bertz CT molecular complexity index is 249. The van der Waals surface area contributed by atoms with Crippen molar-refractivity contribution in [3.8, 4) is 0 Å². The summed E-state index contributed by atoms with van der Waals surface area (Å²) in [6, 6.07) is 2.13. The van der Waals surface area contributed by atoms with Crippen LogP contribution in [0.1, 0.15) is 38.3 Å². The molecule has 1 aromatic heterocycles. The van der Waals surface area contributed by atoms with Crippen LogP contribution in [-0.2, 0) is 7.05 Å². The lowest BCUT2D eigenvalue weighted by atomic mass is 9.95. The lowest BCUT2D eigenvalue weighted by Gasteiger charge is -2.22. The zero-order valence-electron chi connectivity index (χ0n) is 9.45. The molecule has 80 valence electrons. The zero-order chi connectivity index (χ0) is 10.4. The van der Waals surface area contributed by atoms with Crippen molar-refractivity contribution in [1.82, 2.24) is 15.1 Å². The van der Waals surface area contributed by atoms with Crippen molar-refractivity contribution >= 4 is 0 Å². The first kappa shape index (κ1) is 11.2. The number of hydrogen-bond acceptors (Lipinski definition) is 2. The molecule has 1 aliphatic rings. The van der Waals surface area contributed by atoms with E-state index >= 15 is 0 Å². The average molecular weight is 195 g/mol. The van der Waals surface area contributed by atoms with E-state index in [2.05, 4.69) is 16.5 Å². The van der Waals surface area contributed by atoms with Crippen LogP contribution in [0.3, 0.4) is 0 Å². The summed E-state index contributed by atoms with van der Waals surface area (Å²) in [7, 11) is 2.03. The lowest BCUT2D eigenvalue weighted by Crippen LogP contribution is -2.27. The molecule has 0 bridgehead atoms. The summed E-state index contributed by atoms with van der Waals surface area (Å²) >= 11 is 0. The van der Waals surface area contributed by atoms with Gasteiger partial charge in [-0.2, -0.15) is 5.10 Å². The molecule has 2 rings (SSSR count). The van der Waals surface area contributed by atoms with Crippen LogP contribution in [0.2, 0.25) is 0 Å². The molecule has 1 fully saturated rings. The Kier molecular flexibility index (Phi) is 4.66. The van der Waals surface area contributed by atoms with Gasteiger partial charge in [0.2, 0.25) is 0 Å². The molecule has 1 aromatic rings. The number of aromatic nitrogens is 2. The van der Waals surface area contributed by atoms with Crippen molar-refractivity contribution in [2.75, 3.05) is 13.1 Å². The standard InChI is InChI=1S/C9H15N3.C2H6/c1-12-9(4-7-11-12)8-2-5-10-6-3-8;1-2/h4,7-8,10H,2-3,5-6H2,1H3;1-2H3. The maximum atomic E-state index is 4.19. The largest absolute Gasteiger partial charge is 0.317 e. The summed E-state index contributed by atoms with van der Waals surface area (Å²) in [5.74, 6) is 0.721.